The Hall–Kier alpha value is -6.72. The first-order chi connectivity index (χ1) is 24.8. The van der Waals surface area contributed by atoms with Gasteiger partial charge in [-0.15, -0.1) is 0 Å². The van der Waals surface area contributed by atoms with Crippen LogP contribution in [0.25, 0.3) is 49.7 Å². The summed E-state index contributed by atoms with van der Waals surface area (Å²) in [7, 11) is 0. The molecule has 0 radical (unpaired) electrons. The highest BCUT2D eigenvalue weighted by atomic mass is 15.3. The number of nitrogens with one attached hydrogen (secondary N) is 1. The Morgan fingerprint density at radius 3 is 1.90 bits per heavy atom. The van der Waals surface area contributed by atoms with E-state index in [0.29, 0.717) is 5.96 Å². The maximum atomic E-state index is 5.35. The summed E-state index contributed by atoms with van der Waals surface area (Å²) in [6.45, 7) is 0. The number of para-hydroxylation sites is 4. The third kappa shape index (κ3) is 4.41. The monoisotopic (exact) mass is 641 g/mol. The number of anilines is 2. The van der Waals surface area contributed by atoms with Crippen molar-refractivity contribution < 1.29 is 0 Å². The zero-order valence-corrected chi connectivity index (χ0v) is 27.1. The lowest BCUT2D eigenvalue weighted by atomic mass is 9.92. The number of benzene rings is 7. The number of amidine groups is 1. The van der Waals surface area contributed by atoms with Crippen molar-refractivity contribution in [1.29, 1.82) is 0 Å². The van der Waals surface area contributed by atoms with Gasteiger partial charge in [0.15, 0.2) is 0 Å². The van der Waals surface area contributed by atoms with Gasteiger partial charge in [-0.2, -0.15) is 4.99 Å². The molecule has 2 aliphatic heterocycles. The van der Waals surface area contributed by atoms with Crippen LogP contribution in [0.4, 0.5) is 11.4 Å². The van der Waals surface area contributed by atoms with Gasteiger partial charge in [0.1, 0.15) is 12.0 Å². The second-order valence-corrected chi connectivity index (χ2v) is 12.7. The van der Waals surface area contributed by atoms with Crippen LogP contribution in [-0.4, -0.2) is 16.4 Å². The van der Waals surface area contributed by atoms with Crippen molar-refractivity contribution in [3.63, 3.8) is 0 Å². The summed E-state index contributed by atoms with van der Waals surface area (Å²) in [5.74, 6) is 1.41. The minimum absolute atomic E-state index is 0.323. The largest absolute Gasteiger partial charge is 0.344 e. The van der Waals surface area contributed by atoms with Gasteiger partial charge in [0.25, 0.3) is 0 Å². The fourth-order valence-corrected chi connectivity index (χ4v) is 7.60. The van der Waals surface area contributed by atoms with E-state index < -0.39 is 0 Å². The standard InChI is InChI=1S/C45H31N5/c1-4-16-30(17-5-1)43-46-44(31-18-6-2-7-19-31)48-45(47-43)50-39-26-14-10-22-33(39)35-28-29-36-34-23-11-13-25-38(34)49(32-20-8-3-9-21-32)42(36)41(35)37-24-12-15-27-40(37)50/h1-29,43H,(H,46,47,48). The van der Waals surface area contributed by atoms with Crippen molar-refractivity contribution in [2.24, 2.45) is 9.98 Å². The number of aliphatic imine (C=N–C) groups is 2. The zero-order chi connectivity index (χ0) is 33.0. The number of rotatable bonds is 3. The lowest BCUT2D eigenvalue weighted by Gasteiger charge is -2.31. The Morgan fingerprint density at radius 1 is 0.500 bits per heavy atom. The average molecular weight is 642 g/mol. The van der Waals surface area contributed by atoms with Crippen LogP contribution in [0, 0.1) is 0 Å². The summed E-state index contributed by atoms with van der Waals surface area (Å²) >= 11 is 0. The van der Waals surface area contributed by atoms with Crippen molar-refractivity contribution in [3.8, 4) is 27.9 Å². The van der Waals surface area contributed by atoms with E-state index in [9.17, 15) is 0 Å². The van der Waals surface area contributed by atoms with Crippen LogP contribution < -0.4 is 10.2 Å². The molecule has 3 heterocycles. The SMILES string of the molecule is c1ccc(C2=NC(N3c4ccccc4-c4ccc5c6ccccc6n(-c6ccccc6)c5c4-c4ccccc43)=NC(c3ccccc3)N2)cc1. The number of hydrogen-bond donors (Lipinski definition) is 1. The van der Waals surface area contributed by atoms with E-state index in [2.05, 4.69) is 166 Å². The van der Waals surface area contributed by atoms with E-state index in [4.69, 9.17) is 9.98 Å². The lowest BCUT2D eigenvalue weighted by Crippen LogP contribution is -2.38. The van der Waals surface area contributed by atoms with Crippen molar-refractivity contribution in [1.82, 2.24) is 9.88 Å². The molecule has 0 saturated carbocycles. The molecule has 0 fully saturated rings. The molecule has 0 amide bonds. The van der Waals surface area contributed by atoms with E-state index in [0.717, 1.165) is 45.2 Å². The van der Waals surface area contributed by atoms with E-state index in [-0.39, 0.29) is 6.17 Å². The molecule has 10 rings (SSSR count). The topological polar surface area (TPSA) is 44.9 Å². The Bertz CT molecular complexity index is 2620. The van der Waals surface area contributed by atoms with Gasteiger partial charge in [-0.3, -0.25) is 4.90 Å². The van der Waals surface area contributed by atoms with Gasteiger partial charge in [0.2, 0.25) is 5.96 Å². The van der Waals surface area contributed by atoms with Crippen molar-refractivity contribution in [2.45, 2.75) is 6.17 Å². The van der Waals surface area contributed by atoms with Crippen LogP contribution >= 0.6 is 0 Å². The summed E-state index contributed by atoms with van der Waals surface area (Å²) in [6.07, 6.45) is -0.323. The first-order valence-corrected chi connectivity index (χ1v) is 17.0. The van der Waals surface area contributed by atoms with Gasteiger partial charge in [-0.25, -0.2) is 4.99 Å². The highest BCUT2D eigenvalue weighted by molar-refractivity contribution is 6.22. The van der Waals surface area contributed by atoms with E-state index >= 15 is 0 Å². The Labute approximate surface area is 290 Å². The van der Waals surface area contributed by atoms with Crippen LogP contribution in [0.1, 0.15) is 17.3 Å². The molecular formula is C45H31N5. The molecule has 2 aliphatic rings. The molecule has 236 valence electrons. The van der Waals surface area contributed by atoms with E-state index in [1.165, 1.54) is 32.9 Å². The number of hydrogen-bond acceptors (Lipinski definition) is 4. The summed E-state index contributed by atoms with van der Waals surface area (Å²) in [5.41, 5.74) is 12.2. The molecule has 0 saturated heterocycles. The van der Waals surface area contributed by atoms with Gasteiger partial charge < -0.3 is 9.88 Å². The highest BCUT2D eigenvalue weighted by Crippen LogP contribution is 2.52. The molecule has 0 bridgehead atoms. The van der Waals surface area contributed by atoms with Crippen LogP contribution in [0.3, 0.4) is 0 Å². The molecule has 1 unspecified atom stereocenters. The zero-order valence-electron chi connectivity index (χ0n) is 27.1. The second kappa shape index (κ2) is 11.5. The van der Waals surface area contributed by atoms with Crippen molar-refractivity contribution in [3.05, 3.63) is 187 Å². The highest BCUT2D eigenvalue weighted by Gasteiger charge is 2.33. The summed E-state index contributed by atoms with van der Waals surface area (Å²) in [4.78, 5) is 12.9. The second-order valence-electron chi connectivity index (χ2n) is 12.7. The van der Waals surface area contributed by atoms with E-state index in [1.54, 1.807) is 0 Å². The molecule has 1 N–H and O–H groups in total. The van der Waals surface area contributed by atoms with Gasteiger partial charge in [-0.1, -0.05) is 146 Å². The quantitative estimate of drug-likeness (QED) is 0.209. The minimum Gasteiger partial charge on any atom is -0.344 e. The Balaban J connectivity index is 1.30. The van der Waals surface area contributed by atoms with Crippen LogP contribution in [-0.2, 0) is 0 Å². The molecule has 7 aromatic carbocycles. The third-order valence-corrected chi connectivity index (χ3v) is 9.79. The summed E-state index contributed by atoms with van der Waals surface area (Å²) in [5, 5.41) is 6.08. The predicted molar refractivity (Wildman–Crippen MR) is 207 cm³/mol. The maximum Gasteiger partial charge on any atom is 0.234 e. The fourth-order valence-electron chi connectivity index (χ4n) is 7.60. The molecule has 0 spiro atoms. The van der Waals surface area contributed by atoms with Crippen molar-refractivity contribution in [2.75, 3.05) is 4.90 Å². The van der Waals surface area contributed by atoms with Gasteiger partial charge in [0, 0.05) is 38.7 Å². The van der Waals surface area contributed by atoms with Crippen LogP contribution in [0.15, 0.2) is 186 Å². The molecule has 1 aromatic heterocycles. The molecular weight excluding hydrogens is 611 g/mol. The molecule has 50 heavy (non-hydrogen) atoms. The van der Waals surface area contributed by atoms with Gasteiger partial charge in [0.05, 0.1) is 22.4 Å². The molecule has 0 aliphatic carbocycles. The first-order valence-electron chi connectivity index (χ1n) is 17.0. The number of guanidine groups is 1. The van der Waals surface area contributed by atoms with Crippen LogP contribution in [0.5, 0.6) is 0 Å². The molecule has 5 nitrogen and oxygen atoms in total. The fraction of sp³-hybridized carbons (Fsp3) is 0.0222. The lowest BCUT2D eigenvalue weighted by molar-refractivity contribution is 0.671. The average Bonchev–Trinajstić information content (AvgIpc) is 3.47. The predicted octanol–water partition coefficient (Wildman–Crippen LogP) is 10.7. The third-order valence-electron chi connectivity index (χ3n) is 9.79. The number of fused-ring (bicyclic) bond motifs is 9. The van der Waals surface area contributed by atoms with E-state index in [1.807, 2.05) is 24.3 Å². The summed E-state index contributed by atoms with van der Waals surface area (Å²) in [6, 6.07) is 62.1. The Kier molecular flexibility index (Phi) is 6.49. The first kappa shape index (κ1) is 28.3. The number of nitrogens with zero attached hydrogens (tertiary/aromatic N) is 4. The number of aromatic nitrogens is 1. The smallest absolute Gasteiger partial charge is 0.234 e. The maximum absolute atomic E-state index is 5.35. The molecule has 8 aromatic rings. The van der Waals surface area contributed by atoms with Crippen molar-refractivity contribution >= 4 is 45.0 Å². The van der Waals surface area contributed by atoms with Gasteiger partial charge >= 0.3 is 0 Å². The van der Waals surface area contributed by atoms with Gasteiger partial charge in [-0.05, 0) is 41.5 Å². The minimum atomic E-state index is -0.323. The Morgan fingerprint density at radius 2 is 1.12 bits per heavy atom. The molecule has 5 heteroatoms. The normalized spacial score (nSPS) is 15.0. The van der Waals surface area contributed by atoms with Crippen LogP contribution in [0.2, 0.25) is 0 Å². The summed E-state index contributed by atoms with van der Waals surface area (Å²) < 4.78 is 2.43. The molecule has 1 atom stereocenters.